The first-order valence-electron chi connectivity index (χ1n) is 6.56. The summed E-state index contributed by atoms with van der Waals surface area (Å²) in [5.74, 6) is -1.83. The highest BCUT2D eigenvalue weighted by Crippen LogP contribution is 2.34. The van der Waals surface area contributed by atoms with Crippen molar-refractivity contribution in [3.8, 4) is 0 Å². The SMILES string of the molecule is O=C(O)c1ccc(C(Br)Br)c(Br)c1.O=C(O)c1ccc(CBr)c(Br)c1. The summed E-state index contributed by atoms with van der Waals surface area (Å²) in [6, 6.07) is 9.86. The summed E-state index contributed by atoms with van der Waals surface area (Å²) in [5, 5.41) is 18.1. The molecule has 25 heavy (non-hydrogen) atoms. The summed E-state index contributed by atoms with van der Waals surface area (Å²) < 4.78 is 1.61. The summed E-state index contributed by atoms with van der Waals surface area (Å²) in [6.45, 7) is 0. The van der Waals surface area contributed by atoms with Crippen LogP contribution in [0.3, 0.4) is 0 Å². The summed E-state index contributed by atoms with van der Waals surface area (Å²) in [7, 11) is 0. The minimum absolute atomic E-state index is 0.0252. The predicted molar refractivity (Wildman–Crippen MR) is 115 cm³/mol. The van der Waals surface area contributed by atoms with E-state index >= 15 is 0 Å². The van der Waals surface area contributed by atoms with E-state index in [1.165, 1.54) is 0 Å². The molecular weight excluding hydrogens is 656 g/mol. The molecule has 0 unspecified atom stereocenters. The third-order valence-corrected chi connectivity index (χ3v) is 5.94. The molecule has 0 amide bonds. The molecule has 2 aromatic rings. The Morgan fingerprint density at radius 3 is 1.72 bits per heavy atom. The van der Waals surface area contributed by atoms with Gasteiger partial charge in [0.25, 0.3) is 0 Å². The molecule has 4 nitrogen and oxygen atoms in total. The lowest BCUT2D eigenvalue weighted by molar-refractivity contribution is 0.0686. The fraction of sp³-hybridized carbons (Fsp3) is 0.125. The topological polar surface area (TPSA) is 74.6 Å². The normalized spacial score (nSPS) is 10.2. The fourth-order valence-electron chi connectivity index (χ4n) is 1.63. The van der Waals surface area contributed by atoms with E-state index < -0.39 is 11.9 Å². The van der Waals surface area contributed by atoms with Crippen LogP contribution in [0.2, 0.25) is 0 Å². The van der Waals surface area contributed by atoms with Crippen LogP contribution in [0, 0.1) is 0 Å². The van der Waals surface area contributed by atoms with Crippen LogP contribution in [-0.2, 0) is 5.33 Å². The number of halogens is 5. The number of carboxylic acids is 2. The lowest BCUT2D eigenvalue weighted by Gasteiger charge is -2.05. The number of rotatable bonds is 4. The Morgan fingerprint density at radius 1 is 0.880 bits per heavy atom. The van der Waals surface area contributed by atoms with E-state index in [2.05, 4.69) is 79.6 Å². The average molecular weight is 667 g/mol. The molecule has 9 heteroatoms. The molecule has 0 saturated carbocycles. The zero-order valence-corrected chi connectivity index (χ0v) is 20.3. The molecule has 0 bridgehead atoms. The first-order valence-corrected chi connectivity index (χ1v) is 11.1. The molecule has 0 radical (unpaired) electrons. The van der Waals surface area contributed by atoms with Crippen LogP contribution in [-0.4, -0.2) is 22.2 Å². The lowest BCUT2D eigenvalue weighted by atomic mass is 10.1. The summed E-state index contributed by atoms with van der Waals surface area (Å²) in [6.07, 6.45) is 0. The molecule has 134 valence electrons. The van der Waals surface area contributed by atoms with Gasteiger partial charge in [-0.15, -0.1) is 0 Å². The Morgan fingerprint density at radius 2 is 1.36 bits per heavy atom. The second-order valence-electron chi connectivity index (χ2n) is 4.59. The molecule has 2 aromatic carbocycles. The molecule has 0 saturated heterocycles. The highest BCUT2D eigenvalue weighted by atomic mass is 79.9. The summed E-state index contributed by atoms with van der Waals surface area (Å²) >= 11 is 16.5. The Kier molecular flexibility index (Phi) is 9.87. The third kappa shape index (κ3) is 7.13. The first-order chi connectivity index (χ1) is 11.7. The van der Waals surface area contributed by atoms with Crippen LogP contribution in [0.1, 0.15) is 35.6 Å². The maximum Gasteiger partial charge on any atom is 0.335 e. The van der Waals surface area contributed by atoms with Gasteiger partial charge in [0.1, 0.15) is 0 Å². The molecule has 0 aliphatic rings. The average Bonchev–Trinajstić information content (AvgIpc) is 2.54. The largest absolute Gasteiger partial charge is 0.478 e. The maximum atomic E-state index is 10.6. The maximum absolute atomic E-state index is 10.6. The van der Waals surface area contributed by atoms with Gasteiger partial charge in [0, 0.05) is 14.3 Å². The van der Waals surface area contributed by atoms with Crippen molar-refractivity contribution in [2.75, 3.05) is 0 Å². The van der Waals surface area contributed by atoms with Crippen molar-refractivity contribution in [2.24, 2.45) is 0 Å². The molecule has 0 heterocycles. The molecule has 2 rings (SSSR count). The van der Waals surface area contributed by atoms with Crippen molar-refractivity contribution in [1.29, 1.82) is 0 Å². The molecule has 0 aromatic heterocycles. The molecule has 0 aliphatic heterocycles. The van der Waals surface area contributed by atoms with E-state index in [0.717, 1.165) is 20.1 Å². The number of hydrogen-bond acceptors (Lipinski definition) is 2. The highest BCUT2D eigenvalue weighted by molar-refractivity contribution is 9.24. The lowest BCUT2D eigenvalue weighted by Crippen LogP contribution is -1.96. The Hall–Kier alpha value is -0.220. The van der Waals surface area contributed by atoms with Crippen molar-refractivity contribution in [3.63, 3.8) is 0 Å². The molecule has 2 N–H and O–H groups in total. The summed E-state index contributed by atoms with van der Waals surface area (Å²) in [5.41, 5.74) is 2.58. The number of benzene rings is 2. The van der Waals surface area contributed by atoms with Crippen LogP contribution in [0.25, 0.3) is 0 Å². The highest BCUT2D eigenvalue weighted by Gasteiger charge is 2.10. The number of carboxylic acid groups (broad SMARTS) is 2. The number of hydrogen-bond donors (Lipinski definition) is 2. The van der Waals surface area contributed by atoms with E-state index in [4.69, 9.17) is 10.2 Å². The second kappa shape index (κ2) is 10.8. The van der Waals surface area contributed by atoms with Crippen LogP contribution < -0.4 is 0 Å². The van der Waals surface area contributed by atoms with Gasteiger partial charge in [0.05, 0.1) is 14.9 Å². The Labute approximate surface area is 186 Å². The zero-order valence-electron chi connectivity index (χ0n) is 12.3. The molecule has 0 aliphatic carbocycles. The van der Waals surface area contributed by atoms with Crippen LogP contribution >= 0.6 is 79.6 Å². The smallest absolute Gasteiger partial charge is 0.335 e. The van der Waals surface area contributed by atoms with Gasteiger partial charge in [-0.1, -0.05) is 91.8 Å². The number of carbonyl (C=O) groups is 2. The quantitative estimate of drug-likeness (QED) is 0.346. The Bertz CT molecular complexity index is 777. The van der Waals surface area contributed by atoms with E-state index in [9.17, 15) is 9.59 Å². The number of aromatic carboxylic acids is 2. The molecule has 0 spiro atoms. The predicted octanol–water partition coefficient (Wildman–Crippen LogP) is 6.98. The first kappa shape index (κ1) is 22.8. The molecule has 0 atom stereocenters. The number of alkyl halides is 3. The van der Waals surface area contributed by atoms with Gasteiger partial charge in [-0.2, -0.15) is 0 Å². The van der Waals surface area contributed by atoms with E-state index in [1.807, 2.05) is 0 Å². The standard InChI is InChI=1S/C8H5Br3O2.C8H6Br2O2/c9-6-3-4(8(12)13)1-2-5(6)7(10)11;9-4-6-2-1-5(8(11)12)3-7(6)10/h1-3,7H,(H,12,13);1-3H,4H2,(H,11,12). The van der Waals surface area contributed by atoms with Gasteiger partial charge in [-0.05, 0) is 35.4 Å². The van der Waals surface area contributed by atoms with Crippen LogP contribution in [0.5, 0.6) is 0 Å². The van der Waals surface area contributed by atoms with Crippen molar-refractivity contribution >= 4 is 91.6 Å². The fourth-order valence-corrected chi connectivity index (χ4v) is 5.03. The van der Waals surface area contributed by atoms with E-state index in [1.54, 1.807) is 36.4 Å². The minimum atomic E-state index is -0.923. The Balaban J connectivity index is 0.000000251. The van der Waals surface area contributed by atoms with Gasteiger partial charge in [0.2, 0.25) is 0 Å². The third-order valence-electron chi connectivity index (χ3n) is 2.93. The van der Waals surface area contributed by atoms with E-state index in [-0.39, 0.29) is 9.30 Å². The van der Waals surface area contributed by atoms with Crippen LogP contribution in [0.4, 0.5) is 0 Å². The minimum Gasteiger partial charge on any atom is -0.478 e. The van der Waals surface area contributed by atoms with Crippen molar-refractivity contribution < 1.29 is 19.8 Å². The monoisotopic (exact) mass is 662 g/mol. The summed E-state index contributed by atoms with van der Waals surface area (Å²) in [4.78, 5) is 21.1. The van der Waals surface area contributed by atoms with Gasteiger partial charge >= 0.3 is 11.9 Å². The second-order valence-corrected chi connectivity index (χ2v) is 9.92. The van der Waals surface area contributed by atoms with Gasteiger partial charge in [-0.3, -0.25) is 0 Å². The van der Waals surface area contributed by atoms with Crippen molar-refractivity contribution in [3.05, 3.63) is 67.6 Å². The van der Waals surface area contributed by atoms with Gasteiger partial charge in [0.15, 0.2) is 0 Å². The van der Waals surface area contributed by atoms with Crippen molar-refractivity contribution in [2.45, 2.75) is 9.07 Å². The molecule has 0 fully saturated rings. The van der Waals surface area contributed by atoms with Gasteiger partial charge < -0.3 is 10.2 Å². The zero-order chi connectivity index (χ0) is 19.1. The van der Waals surface area contributed by atoms with Gasteiger partial charge in [-0.25, -0.2) is 9.59 Å². The molecular formula is C16H11Br5O4. The van der Waals surface area contributed by atoms with Crippen molar-refractivity contribution in [1.82, 2.24) is 0 Å². The van der Waals surface area contributed by atoms with E-state index in [0.29, 0.717) is 10.9 Å². The van der Waals surface area contributed by atoms with Crippen LogP contribution in [0.15, 0.2) is 45.3 Å².